The van der Waals surface area contributed by atoms with Gasteiger partial charge in [-0.1, -0.05) is 0 Å². The molecule has 0 radical (unpaired) electrons. The maximum Gasteiger partial charge on any atom is 0.427 e. The van der Waals surface area contributed by atoms with Crippen molar-refractivity contribution in [1.82, 2.24) is 0 Å². The molecule has 1 aromatic rings. The van der Waals surface area contributed by atoms with Crippen molar-refractivity contribution in [3.63, 3.8) is 0 Å². The molecule has 0 saturated heterocycles. The fourth-order valence-electron chi connectivity index (χ4n) is 2.63. The van der Waals surface area contributed by atoms with Gasteiger partial charge < -0.3 is 14.8 Å². The van der Waals surface area contributed by atoms with Crippen molar-refractivity contribution < 1.29 is 27.4 Å². The molecule has 0 spiro atoms. The zero-order valence-corrected chi connectivity index (χ0v) is 16.4. The first kappa shape index (κ1) is 21.7. The molecule has 1 heterocycles. The van der Waals surface area contributed by atoms with Gasteiger partial charge in [-0.2, -0.15) is 18.4 Å². The Morgan fingerprint density at radius 2 is 1.96 bits per heavy atom. The molecule has 0 aliphatic carbocycles. The molecule has 2 atom stereocenters. The summed E-state index contributed by atoms with van der Waals surface area (Å²) in [4.78, 5) is 11.8. The third kappa shape index (κ3) is 5.00. The number of benzene rings is 1. The Balaban J connectivity index is 2.08. The molecule has 2 rings (SSSR count). The Labute approximate surface area is 162 Å². The number of halogens is 3. The highest BCUT2D eigenvalue weighted by atomic mass is 19.4. The van der Waals surface area contributed by atoms with Gasteiger partial charge in [-0.25, -0.2) is 4.79 Å². The number of ether oxygens (including phenoxy) is 2. The minimum Gasteiger partial charge on any atom is -0.486 e. The van der Waals surface area contributed by atoms with E-state index in [-0.39, 0.29) is 17.8 Å². The number of hydrogen-bond donors (Lipinski definition) is 2. The van der Waals surface area contributed by atoms with E-state index in [0.717, 1.165) is 13.8 Å². The largest absolute Gasteiger partial charge is 0.486 e. The highest BCUT2D eigenvalue weighted by Gasteiger charge is 2.51. The van der Waals surface area contributed by atoms with Gasteiger partial charge in [0.25, 0.3) is 0 Å². The summed E-state index contributed by atoms with van der Waals surface area (Å²) in [6.07, 6.45) is -5.59. The lowest BCUT2D eigenvalue weighted by Gasteiger charge is -2.35. The molecule has 154 valence electrons. The van der Waals surface area contributed by atoms with Gasteiger partial charge in [0, 0.05) is 12.1 Å². The van der Waals surface area contributed by atoms with Crippen molar-refractivity contribution in [2.75, 3.05) is 10.6 Å². The van der Waals surface area contributed by atoms with Gasteiger partial charge in [0.2, 0.25) is 5.60 Å². The smallest absolute Gasteiger partial charge is 0.427 e. The fraction of sp³-hybridized carbons (Fsp3) is 0.579. The molecule has 0 bridgehead atoms. The predicted molar refractivity (Wildman–Crippen MR) is 98.2 cm³/mol. The minimum absolute atomic E-state index is 0.105. The van der Waals surface area contributed by atoms with E-state index in [9.17, 15) is 23.2 Å². The Hall–Kier alpha value is -2.63. The zero-order chi connectivity index (χ0) is 21.3. The number of carbonyl (C=O) groups excluding carboxylic acids is 1. The summed E-state index contributed by atoms with van der Waals surface area (Å²) < 4.78 is 48.9. The number of anilines is 2. The number of alkyl halides is 3. The lowest BCUT2D eigenvalue weighted by atomic mass is 9.86. The molecular weight excluding hydrogens is 375 g/mol. The van der Waals surface area contributed by atoms with Crippen molar-refractivity contribution in [1.29, 1.82) is 5.26 Å². The summed E-state index contributed by atoms with van der Waals surface area (Å²) in [6, 6.07) is 6.80. The standard InChI is InChI=1S/C19H24F3N3O3/c1-11-15(9-17(2,3)10-23)27-14-7-6-12(8-13(14)24-11)25-16(26)28-18(4,5)19(20,21)22/h6-8,11,15,24H,9H2,1-5H3,(H,25,26)/t11-,15+/m1/s1. The van der Waals surface area contributed by atoms with Crippen LogP contribution >= 0.6 is 0 Å². The topological polar surface area (TPSA) is 83.4 Å². The molecule has 2 N–H and O–H groups in total. The molecular formula is C19H24F3N3O3. The van der Waals surface area contributed by atoms with Crippen molar-refractivity contribution in [3.8, 4) is 11.8 Å². The summed E-state index contributed by atoms with van der Waals surface area (Å²) in [5.41, 5.74) is -2.30. The molecule has 0 saturated carbocycles. The van der Waals surface area contributed by atoms with E-state index in [1.165, 1.54) is 6.07 Å². The fourth-order valence-corrected chi connectivity index (χ4v) is 2.63. The van der Waals surface area contributed by atoms with E-state index in [1.807, 2.05) is 20.8 Å². The molecule has 6 nitrogen and oxygen atoms in total. The summed E-state index contributed by atoms with van der Waals surface area (Å²) >= 11 is 0. The number of amides is 1. The maximum atomic E-state index is 12.8. The van der Waals surface area contributed by atoms with Crippen molar-refractivity contribution in [3.05, 3.63) is 18.2 Å². The van der Waals surface area contributed by atoms with Crippen molar-refractivity contribution in [2.24, 2.45) is 5.41 Å². The van der Waals surface area contributed by atoms with Gasteiger partial charge in [0.15, 0.2) is 0 Å². The van der Waals surface area contributed by atoms with Crippen LogP contribution in [0.15, 0.2) is 18.2 Å². The molecule has 0 fully saturated rings. The van der Waals surface area contributed by atoms with Gasteiger partial charge >= 0.3 is 12.3 Å². The van der Waals surface area contributed by atoms with Gasteiger partial charge in [-0.05, 0) is 52.8 Å². The van der Waals surface area contributed by atoms with Gasteiger partial charge in [0.05, 0.1) is 23.2 Å². The average Bonchev–Trinajstić information content (AvgIpc) is 2.54. The number of nitriles is 1. The second kappa shape index (κ2) is 7.41. The SMILES string of the molecule is C[C@H]1Nc2cc(NC(=O)OC(C)(C)C(F)(F)F)ccc2O[C@H]1CC(C)(C)C#N. The Morgan fingerprint density at radius 1 is 1.32 bits per heavy atom. The summed E-state index contributed by atoms with van der Waals surface area (Å²) in [5.74, 6) is 0.534. The number of rotatable bonds is 4. The number of carbonyl (C=O) groups is 1. The molecule has 1 aliphatic rings. The first-order chi connectivity index (χ1) is 12.7. The van der Waals surface area contributed by atoms with Crippen LogP contribution in [0, 0.1) is 16.7 Å². The van der Waals surface area contributed by atoms with E-state index < -0.39 is 23.3 Å². The van der Waals surface area contributed by atoms with Crippen LogP contribution in [0.4, 0.5) is 29.3 Å². The quantitative estimate of drug-likeness (QED) is 0.738. The van der Waals surface area contributed by atoms with Gasteiger partial charge in [-0.15, -0.1) is 0 Å². The van der Waals surface area contributed by atoms with Crippen LogP contribution in [0.2, 0.25) is 0 Å². The first-order valence-corrected chi connectivity index (χ1v) is 8.79. The van der Waals surface area contributed by atoms with Crippen molar-refractivity contribution in [2.45, 2.75) is 65.0 Å². The van der Waals surface area contributed by atoms with Crippen molar-refractivity contribution >= 4 is 17.5 Å². The first-order valence-electron chi connectivity index (χ1n) is 8.79. The van der Waals surface area contributed by atoms with Gasteiger partial charge in [0.1, 0.15) is 11.9 Å². The second-order valence-corrected chi connectivity index (χ2v) is 8.02. The maximum absolute atomic E-state index is 12.8. The highest BCUT2D eigenvalue weighted by molar-refractivity contribution is 5.86. The second-order valence-electron chi connectivity index (χ2n) is 8.02. The lowest BCUT2D eigenvalue weighted by molar-refractivity contribution is -0.242. The third-order valence-corrected chi connectivity index (χ3v) is 4.49. The van der Waals surface area contributed by atoms with E-state index in [2.05, 4.69) is 21.4 Å². The van der Waals surface area contributed by atoms with E-state index >= 15 is 0 Å². The van der Waals surface area contributed by atoms with Crippen LogP contribution in [0.5, 0.6) is 5.75 Å². The summed E-state index contributed by atoms with van der Waals surface area (Å²) in [7, 11) is 0. The normalized spacial score (nSPS) is 19.5. The molecule has 28 heavy (non-hydrogen) atoms. The third-order valence-electron chi connectivity index (χ3n) is 4.49. The Morgan fingerprint density at radius 3 is 2.54 bits per heavy atom. The Bertz CT molecular complexity index is 785. The molecule has 1 aromatic carbocycles. The molecule has 1 amide bonds. The van der Waals surface area contributed by atoms with Crippen LogP contribution < -0.4 is 15.4 Å². The van der Waals surface area contributed by atoms with Crippen LogP contribution in [0.1, 0.15) is 41.0 Å². The van der Waals surface area contributed by atoms with Gasteiger partial charge in [-0.3, -0.25) is 5.32 Å². The monoisotopic (exact) mass is 399 g/mol. The number of hydrogen-bond acceptors (Lipinski definition) is 5. The predicted octanol–water partition coefficient (Wildman–Crippen LogP) is 5.08. The average molecular weight is 399 g/mol. The number of fused-ring (bicyclic) bond motifs is 1. The van der Waals surface area contributed by atoms with E-state index in [4.69, 9.17) is 4.74 Å². The molecule has 9 heteroatoms. The van der Waals surface area contributed by atoms with Crippen LogP contribution in [0.3, 0.4) is 0 Å². The minimum atomic E-state index is -4.68. The number of nitrogens with zero attached hydrogens (tertiary/aromatic N) is 1. The summed E-state index contributed by atoms with van der Waals surface area (Å²) in [6.45, 7) is 7.12. The summed E-state index contributed by atoms with van der Waals surface area (Å²) in [5, 5.41) is 14.7. The molecule has 0 aromatic heterocycles. The van der Waals surface area contributed by atoms with E-state index in [0.29, 0.717) is 17.9 Å². The van der Waals surface area contributed by atoms with Crippen LogP contribution in [-0.4, -0.2) is 30.0 Å². The molecule has 1 aliphatic heterocycles. The zero-order valence-electron chi connectivity index (χ0n) is 16.4. The number of nitrogens with one attached hydrogen (secondary N) is 2. The highest BCUT2D eigenvalue weighted by Crippen LogP contribution is 2.37. The van der Waals surface area contributed by atoms with E-state index in [1.54, 1.807) is 12.1 Å². The van der Waals surface area contributed by atoms with Crippen LogP contribution in [0.25, 0.3) is 0 Å². The van der Waals surface area contributed by atoms with Crippen LogP contribution in [-0.2, 0) is 4.74 Å². The molecule has 0 unspecified atom stereocenters. The Kier molecular flexibility index (Phi) is 5.74. The lowest BCUT2D eigenvalue weighted by Crippen LogP contribution is -2.44.